The highest BCUT2D eigenvalue weighted by atomic mass is 15.0. The summed E-state index contributed by atoms with van der Waals surface area (Å²) < 4.78 is 2.37. The third-order valence-corrected chi connectivity index (χ3v) is 9.64. The second-order valence-corrected chi connectivity index (χ2v) is 13.6. The Balaban J connectivity index is 0.000000541. The molecule has 2 aromatic heterocycles. The lowest BCUT2D eigenvalue weighted by molar-refractivity contribution is 1.18. The van der Waals surface area contributed by atoms with Crippen LogP contribution in [-0.2, 0) is 0 Å². The van der Waals surface area contributed by atoms with Gasteiger partial charge >= 0.3 is 0 Å². The van der Waals surface area contributed by atoms with Crippen molar-refractivity contribution < 1.29 is 0 Å². The highest BCUT2D eigenvalue weighted by Crippen LogP contribution is 2.37. The number of hydrogen-bond acceptors (Lipinski definition) is 2. The molecule has 2 heterocycles. The van der Waals surface area contributed by atoms with Crippen LogP contribution in [0.4, 0.5) is 0 Å². The van der Waals surface area contributed by atoms with Crippen LogP contribution in [0.3, 0.4) is 0 Å². The molecule has 0 saturated heterocycles. The largest absolute Gasteiger partial charge is 0.309 e. The first-order valence-corrected chi connectivity index (χ1v) is 18.5. The lowest BCUT2D eigenvalue weighted by Crippen LogP contribution is -1.96. The summed E-state index contributed by atoms with van der Waals surface area (Å²) in [6, 6.07) is 62.1. The average Bonchev–Trinajstić information content (AvgIpc) is 3.57. The monoisotopic (exact) mass is 695 g/mol. The van der Waals surface area contributed by atoms with Crippen molar-refractivity contribution in [3.05, 3.63) is 200 Å². The van der Waals surface area contributed by atoms with E-state index >= 15 is 0 Å². The van der Waals surface area contributed by atoms with Crippen LogP contribution in [-0.4, -0.2) is 14.5 Å². The van der Waals surface area contributed by atoms with Gasteiger partial charge in [0.25, 0.3) is 0 Å². The minimum atomic E-state index is 0.724. The Labute approximate surface area is 317 Å². The Kier molecular flexibility index (Phi) is 9.78. The van der Waals surface area contributed by atoms with Gasteiger partial charge < -0.3 is 4.57 Å². The molecule has 9 aromatic rings. The molecular formula is C51H41N3. The van der Waals surface area contributed by atoms with Gasteiger partial charge in [-0.25, -0.2) is 9.97 Å². The van der Waals surface area contributed by atoms with Crippen LogP contribution in [0, 0.1) is 0 Å². The second kappa shape index (κ2) is 15.4. The number of para-hydroxylation sites is 2. The minimum absolute atomic E-state index is 0.724. The van der Waals surface area contributed by atoms with E-state index in [2.05, 4.69) is 176 Å². The molecule has 0 aliphatic carbocycles. The van der Waals surface area contributed by atoms with E-state index in [-0.39, 0.29) is 0 Å². The summed E-state index contributed by atoms with van der Waals surface area (Å²) in [5, 5.41) is 3.52. The van der Waals surface area contributed by atoms with Gasteiger partial charge in [0.2, 0.25) is 0 Å². The first kappa shape index (κ1) is 34.3. The van der Waals surface area contributed by atoms with Crippen molar-refractivity contribution in [2.75, 3.05) is 0 Å². The highest BCUT2D eigenvalue weighted by molar-refractivity contribution is 6.10. The lowest BCUT2D eigenvalue weighted by atomic mass is 9.97. The van der Waals surface area contributed by atoms with Crippen LogP contribution in [0.1, 0.15) is 20.8 Å². The van der Waals surface area contributed by atoms with Gasteiger partial charge in [0, 0.05) is 33.0 Å². The molecule has 0 saturated carbocycles. The molecule has 0 N–H and O–H groups in total. The topological polar surface area (TPSA) is 30.7 Å². The Bertz CT molecular complexity index is 2750. The fraction of sp³-hybridized carbons (Fsp3) is 0.0588. The molecule has 0 atom stereocenters. The first-order chi connectivity index (χ1) is 26.6. The smallest absolute Gasteiger partial charge is 0.160 e. The van der Waals surface area contributed by atoms with Crippen molar-refractivity contribution >= 4 is 32.7 Å². The Morgan fingerprint density at radius 3 is 1.70 bits per heavy atom. The van der Waals surface area contributed by atoms with E-state index in [0.717, 1.165) is 50.4 Å². The molecule has 0 amide bonds. The molecule has 0 bridgehead atoms. The summed E-state index contributed by atoms with van der Waals surface area (Å²) in [5.41, 5.74) is 13.4. The maximum absolute atomic E-state index is 5.20. The van der Waals surface area contributed by atoms with E-state index in [4.69, 9.17) is 9.97 Å². The predicted octanol–water partition coefficient (Wildman–Crippen LogP) is 13.9. The maximum Gasteiger partial charge on any atom is 0.160 e. The van der Waals surface area contributed by atoms with Crippen molar-refractivity contribution in [3.8, 4) is 50.6 Å². The summed E-state index contributed by atoms with van der Waals surface area (Å²) in [7, 11) is 0. The van der Waals surface area contributed by atoms with E-state index in [1.165, 1.54) is 38.5 Å². The molecule has 0 aliphatic heterocycles. The van der Waals surface area contributed by atoms with Gasteiger partial charge in [-0.2, -0.15) is 0 Å². The molecule has 9 rings (SSSR count). The van der Waals surface area contributed by atoms with Crippen LogP contribution in [0.2, 0.25) is 0 Å². The van der Waals surface area contributed by atoms with Crippen molar-refractivity contribution in [1.29, 1.82) is 0 Å². The van der Waals surface area contributed by atoms with Crippen LogP contribution in [0.25, 0.3) is 83.3 Å². The zero-order valence-electron chi connectivity index (χ0n) is 30.8. The summed E-state index contributed by atoms with van der Waals surface area (Å²) in [6.45, 7) is 6.18. The zero-order chi connectivity index (χ0) is 36.9. The zero-order valence-corrected chi connectivity index (χ0v) is 30.8. The van der Waals surface area contributed by atoms with E-state index in [0.29, 0.717) is 0 Å². The van der Waals surface area contributed by atoms with Crippen LogP contribution >= 0.6 is 0 Å². The van der Waals surface area contributed by atoms with Crippen molar-refractivity contribution in [3.63, 3.8) is 0 Å². The highest BCUT2D eigenvalue weighted by Gasteiger charge is 2.16. The van der Waals surface area contributed by atoms with Gasteiger partial charge in [-0.3, -0.25) is 0 Å². The minimum Gasteiger partial charge on any atom is -0.309 e. The molecule has 7 aromatic carbocycles. The number of fused-ring (bicyclic) bond motifs is 4. The molecule has 0 fully saturated rings. The van der Waals surface area contributed by atoms with Crippen LogP contribution in [0.15, 0.2) is 200 Å². The van der Waals surface area contributed by atoms with Gasteiger partial charge in [0.15, 0.2) is 5.82 Å². The SMILES string of the molecule is C/C=C\C=C(C)C.c1ccc(-c2ccc(-c3nc(-c4ccccc4)nc4ccc(-c5ccc6c7ccccc7n(-c7ccccc7)c6c5)cc34)cc2)cc1. The standard InChI is InChI=1S/C44H29N3.C7H12/c1-4-12-30(13-5-1)31-20-22-32(23-21-31)43-39-28-34(25-27-40(39)45-44(46-43)33-14-6-2-7-15-33)35-24-26-38-37-18-10-11-19-41(37)47(42(38)29-35)36-16-8-3-9-17-36;1-4-5-6-7(2)3/h1-29H;4-6H,1-3H3/b;5-4-. The molecule has 3 heteroatoms. The fourth-order valence-corrected chi connectivity index (χ4v) is 6.99. The van der Waals surface area contributed by atoms with E-state index in [9.17, 15) is 0 Å². The fourth-order valence-electron chi connectivity index (χ4n) is 6.99. The van der Waals surface area contributed by atoms with E-state index in [1.807, 2.05) is 43.3 Å². The van der Waals surface area contributed by atoms with Crippen molar-refractivity contribution in [1.82, 2.24) is 14.5 Å². The second-order valence-electron chi connectivity index (χ2n) is 13.6. The molecule has 54 heavy (non-hydrogen) atoms. The summed E-state index contributed by atoms with van der Waals surface area (Å²) in [6.07, 6.45) is 6.14. The first-order valence-electron chi connectivity index (χ1n) is 18.5. The van der Waals surface area contributed by atoms with E-state index < -0.39 is 0 Å². The molecular weight excluding hydrogens is 655 g/mol. The van der Waals surface area contributed by atoms with Crippen LogP contribution in [0.5, 0.6) is 0 Å². The third-order valence-electron chi connectivity index (χ3n) is 9.64. The van der Waals surface area contributed by atoms with Crippen molar-refractivity contribution in [2.24, 2.45) is 0 Å². The van der Waals surface area contributed by atoms with Crippen LogP contribution < -0.4 is 0 Å². The summed E-state index contributed by atoms with van der Waals surface area (Å²) in [4.78, 5) is 10.2. The maximum atomic E-state index is 5.20. The molecule has 0 radical (unpaired) electrons. The number of nitrogens with zero attached hydrogens (tertiary/aromatic N) is 3. The number of rotatable bonds is 6. The third kappa shape index (κ3) is 7.00. The predicted molar refractivity (Wildman–Crippen MR) is 230 cm³/mol. The molecule has 0 spiro atoms. The average molecular weight is 696 g/mol. The number of aromatic nitrogens is 3. The Morgan fingerprint density at radius 2 is 1.02 bits per heavy atom. The number of hydrogen-bond donors (Lipinski definition) is 0. The summed E-state index contributed by atoms with van der Waals surface area (Å²) >= 11 is 0. The normalized spacial score (nSPS) is 11.2. The van der Waals surface area contributed by atoms with Gasteiger partial charge in [-0.15, -0.1) is 0 Å². The number of allylic oxidation sites excluding steroid dienone is 4. The van der Waals surface area contributed by atoms with Gasteiger partial charge in [0.1, 0.15) is 0 Å². The molecule has 0 aliphatic rings. The van der Waals surface area contributed by atoms with Gasteiger partial charge in [-0.1, -0.05) is 163 Å². The quantitative estimate of drug-likeness (QED) is 0.162. The Morgan fingerprint density at radius 1 is 0.463 bits per heavy atom. The molecule has 260 valence electrons. The van der Waals surface area contributed by atoms with Gasteiger partial charge in [-0.05, 0) is 79.4 Å². The van der Waals surface area contributed by atoms with Crippen molar-refractivity contribution in [2.45, 2.75) is 20.8 Å². The lowest BCUT2D eigenvalue weighted by Gasteiger charge is -2.12. The molecule has 0 unspecified atom stereocenters. The number of benzene rings is 7. The Hall–Kier alpha value is -6.84. The van der Waals surface area contributed by atoms with Gasteiger partial charge in [0.05, 0.1) is 22.2 Å². The summed E-state index contributed by atoms with van der Waals surface area (Å²) in [5.74, 6) is 0.724. The molecule has 3 nitrogen and oxygen atoms in total. The van der Waals surface area contributed by atoms with E-state index in [1.54, 1.807) is 0 Å².